The largest absolute Gasteiger partial charge is 0.352 e. The minimum absolute atomic E-state index is 0.0481. The minimum Gasteiger partial charge on any atom is -0.352 e. The van der Waals surface area contributed by atoms with Gasteiger partial charge in [0, 0.05) is 18.7 Å². The fourth-order valence-corrected chi connectivity index (χ4v) is 2.38. The number of hydrogen-bond donors (Lipinski definition) is 2. The van der Waals surface area contributed by atoms with Crippen molar-refractivity contribution in [1.29, 1.82) is 0 Å². The molecule has 1 aromatic carbocycles. The number of aryl methyl sites for hydroxylation is 1. The molecule has 1 aliphatic rings. The van der Waals surface area contributed by atoms with E-state index in [1.807, 2.05) is 24.3 Å². The monoisotopic (exact) mass is 258 g/mol. The second-order valence-electron chi connectivity index (χ2n) is 4.83. The van der Waals surface area contributed by atoms with E-state index < -0.39 is 0 Å². The van der Waals surface area contributed by atoms with Crippen molar-refractivity contribution in [2.75, 3.05) is 19.6 Å². The van der Waals surface area contributed by atoms with Crippen molar-refractivity contribution in [3.8, 4) is 0 Å². The van der Waals surface area contributed by atoms with Crippen LogP contribution in [-0.4, -0.2) is 25.5 Å². The van der Waals surface area contributed by atoms with Crippen LogP contribution in [0.4, 0.5) is 0 Å². The van der Waals surface area contributed by atoms with E-state index in [-0.39, 0.29) is 5.91 Å². The molecule has 102 valence electrons. The summed E-state index contributed by atoms with van der Waals surface area (Å²) in [5, 5.41) is 6.31. The van der Waals surface area contributed by atoms with E-state index in [2.05, 4.69) is 23.6 Å². The molecule has 3 nitrogen and oxygen atoms in total. The Balaban J connectivity index is 1.85. The van der Waals surface area contributed by atoms with E-state index in [9.17, 15) is 4.79 Å². The topological polar surface area (TPSA) is 41.1 Å². The molecule has 1 aromatic rings. The van der Waals surface area contributed by atoms with Gasteiger partial charge in [0.2, 0.25) is 0 Å². The summed E-state index contributed by atoms with van der Waals surface area (Å²) >= 11 is 0. The van der Waals surface area contributed by atoms with E-state index in [1.165, 1.54) is 5.57 Å². The van der Waals surface area contributed by atoms with Gasteiger partial charge in [-0.25, -0.2) is 0 Å². The molecule has 0 saturated carbocycles. The molecule has 0 fully saturated rings. The molecule has 1 heterocycles. The summed E-state index contributed by atoms with van der Waals surface area (Å²) in [4.78, 5) is 12.1. The smallest absolute Gasteiger partial charge is 0.251 e. The van der Waals surface area contributed by atoms with Crippen molar-refractivity contribution in [2.24, 2.45) is 0 Å². The lowest BCUT2D eigenvalue weighted by Gasteiger charge is -2.14. The van der Waals surface area contributed by atoms with Gasteiger partial charge in [0.1, 0.15) is 0 Å². The third kappa shape index (κ3) is 3.93. The Morgan fingerprint density at radius 3 is 2.95 bits per heavy atom. The maximum absolute atomic E-state index is 12.1. The lowest BCUT2D eigenvalue weighted by molar-refractivity contribution is 0.0953. The van der Waals surface area contributed by atoms with Gasteiger partial charge in [-0.15, -0.1) is 0 Å². The van der Waals surface area contributed by atoms with Crippen molar-refractivity contribution in [2.45, 2.75) is 26.2 Å². The third-order valence-electron chi connectivity index (χ3n) is 3.53. The Morgan fingerprint density at radius 1 is 1.37 bits per heavy atom. The number of carbonyl (C=O) groups is 1. The van der Waals surface area contributed by atoms with Gasteiger partial charge < -0.3 is 10.6 Å². The van der Waals surface area contributed by atoms with Crippen LogP contribution in [0.15, 0.2) is 35.9 Å². The summed E-state index contributed by atoms with van der Waals surface area (Å²) in [6, 6.07) is 7.82. The predicted octanol–water partition coefficient (Wildman–Crippen LogP) is 2.29. The summed E-state index contributed by atoms with van der Waals surface area (Å²) in [7, 11) is 0. The molecule has 0 spiro atoms. The fourth-order valence-electron chi connectivity index (χ4n) is 2.38. The van der Waals surface area contributed by atoms with Crippen LogP contribution >= 0.6 is 0 Å². The van der Waals surface area contributed by atoms with Crippen LogP contribution in [0.3, 0.4) is 0 Å². The van der Waals surface area contributed by atoms with Crippen molar-refractivity contribution in [1.82, 2.24) is 10.6 Å². The molecule has 19 heavy (non-hydrogen) atoms. The molecule has 0 radical (unpaired) electrons. The van der Waals surface area contributed by atoms with E-state index in [1.54, 1.807) is 0 Å². The summed E-state index contributed by atoms with van der Waals surface area (Å²) in [6.45, 7) is 4.81. The van der Waals surface area contributed by atoms with E-state index in [0.29, 0.717) is 0 Å². The van der Waals surface area contributed by atoms with Gasteiger partial charge in [-0.05, 0) is 37.4 Å². The first-order valence-corrected chi connectivity index (χ1v) is 7.06. The number of carbonyl (C=O) groups excluding carboxylic acids is 1. The molecule has 0 saturated heterocycles. The summed E-state index contributed by atoms with van der Waals surface area (Å²) < 4.78 is 0. The first-order valence-electron chi connectivity index (χ1n) is 7.06. The van der Waals surface area contributed by atoms with Gasteiger partial charge in [-0.3, -0.25) is 4.79 Å². The quantitative estimate of drug-likeness (QED) is 0.796. The SMILES string of the molecule is CCc1ccccc1C(=O)NCCC1=CCNCC1. The molecule has 2 rings (SSSR count). The molecule has 0 atom stereocenters. The number of hydrogen-bond acceptors (Lipinski definition) is 2. The average molecular weight is 258 g/mol. The molecule has 0 bridgehead atoms. The van der Waals surface area contributed by atoms with Gasteiger partial charge in [-0.1, -0.05) is 36.8 Å². The summed E-state index contributed by atoms with van der Waals surface area (Å²) in [5.41, 5.74) is 3.37. The van der Waals surface area contributed by atoms with E-state index in [0.717, 1.165) is 50.0 Å². The zero-order chi connectivity index (χ0) is 13.5. The van der Waals surface area contributed by atoms with Crippen LogP contribution in [0.1, 0.15) is 35.7 Å². The first kappa shape index (κ1) is 13.8. The lowest BCUT2D eigenvalue weighted by Crippen LogP contribution is -2.27. The highest BCUT2D eigenvalue weighted by atomic mass is 16.1. The number of amides is 1. The minimum atomic E-state index is 0.0481. The van der Waals surface area contributed by atoms with Crippen LogP contribution in [0.25, 0.3) is 0 Å². The highest BCUT2D eigenvalue weighted by Crippen LogP contribution is 2.10. The number of nitrogens with one attached hydrogen (secondary N) is 2. The number of rotatable bonds is 5. The van der Waals surface area contributed by atoms with Crippen molar-refractivity contribution >= 4 is 5.91 Å². The Bertz CT molecular complexity index is 466. The van der Waals surface area contributed by atoms with Gasteiger partial charge in [0.25, 0.3) is 5.91 Å². The van der Waals surface area contributed by atoms with Gasteiger partial charge >= 0.3 is 0 Å². The Morgan fingerprint density at radius 2 is 2.21 bits per heavy atom. The zero-order valence-corrected chi connectivity index (χ0v) is 11.5. The van der Waals surface area contributed by atoms with Gasteiger partial charge in [0.15, 0.2) is 0 Å². The van der Waals surface area contributed by atoms with Crippen LogP contribution in [0, 0.1) is 0 Å². The van der Waals surface area contributed by atoms with E-state index in [4.69, 9.17) is 0 Å². The lowest BCUT2D eigenvalue weighted by atomic mass is 10.0. The normalized spacial score (nSPS) is 14.9. The Labute approximate surface area is 115 Å². The fraction of sp³-hybridized carbons (Fsp3) is 0.438. The van der Waals surface area contributed by atoms with Gasteiger partial charge in [0.05, 0.1) is 0 Å². The van der Waals surface area contributed by atoms with Crippen LogP contribution in [0.5, 0.6) is 0 Å². The van der Waals surface area contributed by atoms with Gasteiger partial charge in [-0.2, -0.15) is 0 Å². The summed E-state index contributed by atoms with van der Waals surface area (Å²) in [6.07, 6.45) is 5.18. The summed E-state index contributed by atoms with van der Waals surface area (Å²) in [5.74, 6) is 0.0481. The van der Waals surface area contributed by atoms with Crippen molar-refractivity contribution < 1.29 is 4.79 Å². The molecular formula is C16H22N2O. The molecule has 0 aliphatic carbocycles. The number of benzene rings is 1. The van der Waals surface area contributed by atoms with Crippen LogP contribution < -0.4 is 10.6 Å². The van der Waals surface area contributed by atoms with E-state index >= 15 is 0 Å². The maximum Gasteiger partial charge on any atom is 0.251 e. The average Bonchev–Trinajstić information content (AvgIpc) is 2.48. The maximum atomic E-state index is 12.1. The molecular weight excluding hydrogens is 236 g/mol. The van der Waals surface area contributed by atoms with Crippen molar-refractivity contribution in [3.63, 3.8) is 0 Å². The third-order valence-corrected chi connectivity index (χ3v) is 3.53. The molecule has 2 N–H and O–H groups in total. The zero-order valence-electron chi connectivity index (χ0n) is 11.5. The second-order valence-corrected chi connectivity index (χ2v) is 4.83. The van der Waals surface area contributed by atoms with Crippen molar-refractivity contribution in [3.05, 3.63) is 47.0 Å². The molecule has 0 aromatic heterocycles. The predicted molar refractivity (Wildman–Crippen MR) is 78.3 cm³/mol. The standard InChI is InChI=1S/C16H22N2O/c1-2-14-5-3-4-6-15(14)16(19)18-12-9-13-7-10-17-11-8-13/h3-7,17H,2,8-12H2,1H3,(H,18,19). The van der Waals surface area contributed by atoms with Crippen LogP contribution in [0.2, 0.25) is 0 Å². The molecule has 1 aliphatic heterocycles. The molecule has 0 unspecified atom stereocenters. The highest BCUT2D eigenvalue weighted by molar-refractivity contribution is 5.95. The highest BCUT2D eigenvalue weighted by Gasteiger charge is 2.09. The Hall–Kier alpha value is -1.61. The Kier molecular flexibility index (Phi) is 5.16. The molecule has 1 amide bonds. The molecule has 3 heteroatoms. The second kappa shape index (κ2) is 7.10. The van der Waals surface area contributed by atoms with Crippen LogP contribution in [-0.2, 0) is 6.42 Å². The first-order chi connectivity index (χ1) is 9.31.